The predicted molar refractivity (Wildman–Crippen MR) is 328 cm³/mol. The maximum atomic E-state index is 2.71. The van der Waals surface area contributed by atoms with E-state index in [0.717, 1.165) is 30.6 Å². The second-order valence-electron chi connectivity index (χ2n) is 24.3. The fraction of sp³-hybridized carbons (Fsp3) is 0.173. The first-order valence-corrected chi connectivity index (χ1v) is 28.2. The van der Waals surface area contributed by atoms with Gasteiger partial charge in [0.2, 0.25) is 0 Å². The van der Waals surface area contributed by atoms with Crippen molar-refractivity contribution >= 4 is 55.7 Å². The van der Waals surface area contributed by atoms with E-state index >= 15 is 0 Å². The van der Waals surface area contributed by atoms with Gasteiger partial charge in [-0.2, -0.15) is 0 Å². The molecule has 3 heteroatoms. The number of fused-ring (bicyclic) bond motifs is 15. The molecule has 1 atom stereocenters. The van der Waals surface area contributed by atoms with Gasteiger partial charge < -0.3 is 14.0 Å². The Bertz CT molecular complexity index is 4450. The summed E-state index contributed by atoms with van der Waals surface area (Å²) in [6.45, 7) is 14.6. The Kier molecular flexibility index (Phi) is 9.45. The molecule has 0 amide bonds. The molecule has 9 aromatic carbocycles. The van der Waals surface area contributed by atoms with Gasteiger partial charge in [0.1, 0.15) is 0 Å². The van der Waals surface area contributed by atoms with Gasteiger partial charge in [0.15, 0.2) is 0 Å². The topological polar surface area (TPSA) is 13.1 Å². The normalized spacial score (nSPS) is 17.5. The number of para-hydroxylation sites is 3. The number of aryl methyl sites for hydroxylation is 1. The van der Waals surface area contributed by atoms with E-state index in [1.165, 1.54) is 133 Å². The standard InChI is InChI=1S/C75H61N3/c1-73(2)62-29-15-10-23-53(62)54-37-35-47(42-64(54)73)76(48-36-38-55-60-44-67-61(45-66(60)75(5,6)65(55)43-48)72-52(46-21-8-7-9-22-46)28-20-30-63(72)74(67,3)4)49-39-50(77-68-31-16-11-24-56(68)57-25-12-17-32-69(57)77)41-51(40-49)78-70-33-18-13-26-58(70)59-27-14-19-34-71(59)78/h7-13,15-26,28-34,36-45,47H,14,27,35H2,1-6H3. The zero-order chi connectivity index (χ0) is 52.4. The third-order valence-corrected chi connectivity index (χ3v) is 19.1. The van der Waals surface area contributed by atoms with Crippen LogP contribution in [0.5, 0.6) is 0 Å². The van der Waals surface area contributed by atoms with Gasteiger partial charge in [-0.15, -0.1) is 0 Å². The molecule has 5 aliphatic carbocycles. The first kappa shape index (κ1) is 45.5. The van der Waals surface area contributed by atoms with Crippen LogP contribution < -0.4 is 4.90 Å². The highest BCUT2D eigenvalue weighted by molar-refractivity contribution is 6.09. The zero-order valence-corrected chi connectivity index (χ0v) is 45.3. The molecule has 0 N–H and O–H groups in total. The van der Waals surface area contributed by atoms with Gasteiger partial charge in [0.05, 0.1) is 34.0 Å². The van der Waals surface area contributed by atoms with Crippen molar-refractivity contribution in [2.75, 3.05) is 4.90 Å². The maximum absolute atomic E-state index is 2.71. The summed E-state index contributed by atoms with van der Waals surface area (Å²) in [5.41, 5.74) is 29.7. The smallest absolute Gasteiger partial charge is 0.0563 e. The molecule has 0 aliphatic heterocycles. The van der Waals surface area contributed by atoms with Crippen LogP contribution in [-0.2, 0) is 22.7 Å². The van der Waals surface area contributed by atoms with Crippen molar-refractivity contribution in [3.63, 3.8) is 0 Å². The lowest BCUT2D eigenvalue weighted by Gasteiger charge is -2.37. The van der Waals surface area contributed by atoms with Crippen molar-refractivity contribution in [3.05, 3.63) is 263 Å². The van der Waals surface area contributed by atoms with Crippen molar-refractivity contribution in [3.8, 4) is 44.8 Å². The number of aromatic nitrogens is 2. The van der Waals surface area contributed by atoms with E-state index in [1.807, 2.05) is 0 Å². The number of nitrogens with zero attached hydrogens (tertiary/aromatic N) is 3. The minimum Gasteiger partial charge on any atom is -0.334 e. The van der Waals surface area contributed by atoms with E-state index in [0.29, 0.717) is 0 Å². The summed E-state index contributed by atoms with van der Waals surface area (Å²) in [7, 11) is 0. The molecule has 1 unspecified atom stereocenters. The van der Waals surface area contributed by atoms with Gasteiger partial charge in [-0.1, -0.05) is 193 Å². The van der Waals surface area contributed by atoms with E-state index in [2.05, 4.69) is 274 Å². The molecule has 5 aliphatic rings. The minimum absolute atomic E-state index is 0.0243. The quantitative estimate of drug-likeness (QED) is 0.162. The lowest BCUT2D eigenvalue weighted by molar-refractivity contribution is 0.643. The number of hydrogen-bond acceptors (Lipinski definition) is 1. The lowest BCUT2D eigenvalue weighted by atomic mass is 9.79. The fourth-order valence-corrected chi connectivity index (χ4v) is 15.3. The lowest BCUT2D eigenvalue weighted by Crippen LogP contribution is -2.32. The van der Waals surface area contributed by atoms with Crippen molar-refractivity contribution in [2.45, 2.75) is 83.1 Å². The van der Waals surface area contributed by atoms with Crippen LogP contribution in [0.15, 0.2) is 218 Å². The molecule has 0 radical (unpaired) electrons. The maximum Gasteiger partial charge on any atom is 0.0563 e. The van der Waals surface area contributed by atoms with Crippen LogP contribution in [0.2, 0.25) is 0 Å². The average molecular weight is 1000 g/mol. The number of hydrogen-bond donors (Lipinski definition) is 0. The van der Waals surface area contributed by atoms with Crippen LogP contribution in [0, 0.1) is 0 Å². The third-order valence-electron chi connectivity index (χ3n) is 19.1. The monoisotopic (exact) mass is 1000 g/mol. The molecule has 0 saturated heterocycles. The Hall–Kier alpha value is -8.66. The first-order valence-electron chi connectivity index (χ1n) is 28.2. The first-order chi connectivity index (χ1) is 38.0. The SMILES string of the molecule is CC1(C)C2=CC(N(c3cc(-n4c5c(c6ccccc64)CCC=C5)cc(-n4c5ccccc5c5ccccc54)c3)c3ccc4c(c3)C(C)(C)c3cc5c(cc3-4)C(C)(C)c3cccc(-c4ccccc4)c3-5)CC=C2c2ccccc21. The van der Waals surface area contributed by atoms with Crippen LogP contribution >= 0.6 is 0 Å². The van der Waals surface area contributed by atoms with Crippen LogP contribution in [0.25, 0.3) is 89.1 Å². The second-order valence-corrected chi connectivity index (χ2v) is 24.3. The largest absolute Gasteiger partial charge is 0.334 e. The Morgan fingerprint density at radius 3 is 1.82 bits per heavy atom. The number of anilines is 2. The number of allylic oxidation sites excluding steroid dienone is 3. The molecule has 2 heterocycles. The molecule has 0 saturated carbocycles. The Morgan fingerprint density at radius 1 is 0.449 bits per heavy atom. The minimum atomic E-state index is -0.269. The summed E-state index contributed by atoms with van der Waals surface area (Å²) in [6, 6.07) is 74.1. The number of benzene rings is 9. The predicted octanol–water partition coefficient (Wildman–Crippen LogP) is 19.2. The highest BCUT2D eigenvalue weighted by Gasteiger charge is 2.44. The van der Waals surface area contributed by atoms with E-state index in [4.69, 9.17) is 0 Å². The van der Waals surface area contributed by atoms with Crippen LogP contribution in [-0.4, -0.2) is 15.2 Å². The molecule has 0 fully saturated rings. The van der Waals surface area contributed by atoms with E-state index in [1.54, 1.807) is 0 Å². The van der Waals surface area contributed by atoms with Gasteiger partial charge in [0, 0.05) is 49.5 Å². The summed E-state index contributed by atoms with van der Waals surface area (Å²) < 4.78 is 5.07. The Labute approximate surface area is 457 Å². The van der Waals surface area contributed by atoms with Gasteiger partial charge in [0.25, 0.3) is 0 Å². The molecule has 11 aromatic rings. The van der Waals surface area contributed by atoms with Crippen LogP contribution in [0.3, 0.4) is 0 Å². The van der Waals surface area contributed by atoms with Crippen molar-refractivity contribution in [1.29, 1.82) is 0 Å². The molecule has 0 bridgehead atoms. The van der Waals surface area contributed by atoms with Gasteiger partial charge >= 0.3 is 0 Å². The molecule has 2 aromatic heterocycles. The number of rotatable bonds is 6. The molecular weight excluding hydrogens is 943 g/mol. The zero-order valence-electron chi connectivity index (χ0n) is 45.3. The fourth-order valence-electron chi connectivity index (χ4n) is 15.3. The summed E-state index contributed by atoms with van der Waals surface area (Å²) in [5.74, 6) is 0. The molecule has 0 spiro atoms. The van der Waals surface area contributed by atoms with Crippen molar-refractivity contribution < 1.29 is 0 Å². The molecule has 3 nitrogen and oxygen atoms in total. The van der Waals surface area contributed by atoms with E-state index < -0.39 is 0 Å². The van der Waals surface area contributed by atoms with Crippen molar-refractivity contribution in [1.82, 2.24) is 9.13 Å². The summed E-state index contributed by atoms with van der Waals surface area (Å²) in [5, 5.41) is 3.86. The van der Waals surface area contributed by atoms with Gasteiger partial charge in [-0.3, -0.25) is 0 Å². The summed E-state index contributed by atoms with van der Waals surface area (Å²) in [4.78, 5) is 2.71. The third kappa shape index (κ3) is 6.22. The molecule has 78 heavy (non-hydrogen) atoms. The Morgan fingerprint density at radius 2 is 1.05 bits per heavy atom. The van der Waals surface area contributed by atoms with E-state index in [9.17, 15) is 0 Å². The highest BCUT2D eigenvalue weighted by Crippen LogP contribution is 2.59. The van der Waals surface area contributed by atoms with E-state index in [-0.39, 0.29) is 22.3 Å². The van der Waals surface area contributed by atoms with Crippen LogP contribution in [0.1, 0.15) is 99.0 Å². The highest BCUT2D eigenvalue weighted by atomic mass is 15.2. The molecule has 16 rings (SSSR count). The summed E-state index contributed by atoms with van der Waals surface area (Å²) >= 11 is 0. The average Bonchev–Trinajstić information content (AvgIpc) is 4.39. The summed E-state index contributed by atoms with van der Waals surface area (Å²) in [6.07, 6.45) is 12.9. The molecule has 376 valence electrons. The Balaban J connectivity index is 0.935. The van der Waals surface area contributed by atoms with Gasteiger partial charge in [-0.05, 0) is 169 Å². The molecular formula is C75H61N3. The second kappa shape index (κ2) is 16.2. The van der Waals surface area contributed by atoms with Crippen molar-refractivity contribution in [2.24, 2.45) is 0 Å². The van der Waals surface area contributed by atoms with Crippen LogP contribution in [0.4, 0.5) is 11.4 Å². The van der Waals surface area contributed by atoms with Gasteiger partial charge in [-0.25, -0.2) is 0 Å².